The van der Waals surface area contributed by atoms with Crippen LogP contribution in [0.25, 0.3) is 0 Å². The van der Waals surface area contributed by atoms with Crippen LogP contribution in [0.5, 0.6) is 0 Å². The van der Waals surface area contributed by atoms with Crippen molar-refractivity contribution in [2.75, 3.05) is 24.6 Å². The Labute approximate surface area is 123 Å². The summed E-state index contributed by atoms with van der Waals surface area (Å²) in [5.74, 6) is 0. The van der Waals surface area contributed by atoms with Crippen LogP contribution in [0.1, 0.15) is 79.1 Å². The minimum atomic E-state index is -0.505. The predicted molar refractivity (Wildman–Crippen MR) is 86.0 cm³/mol. The molecular weight excluding hydrogens is 259 g/mol. The number of rotatable bonds is 12. The van der Waals surface area contributed by atoms with Gasteiger partial charge in [0.1, 0.15) is 0 Å². The van der Waals surface area contributed by atoms with Crippen LogP contribution in [0.3, 0.4) is 0 Å². The highest BCUT2D eigenvalue weighted by molar-refractivity contribution is 7.75. The molecule has 0 nitrogen and oxygen atoms in total. The molecule has 18 heavy (non-hydrogen) atoms. The molecule has 0 fully saturated rings. The van der Waals surface area contributed by atoms with Gasteiger partial charge >= 0.3 is 0 Å². The summed E-state index contributed by atoms with van der Waals surface area (Å²) in [6.45, 7) is 9.56. The number of hydrogen-bond acceptors (Lipinski definition) is 0. The Kier molecular flexibility index (Phi) is 16.5. The number of unbranched alkanes of at least 4 members (excludes halogenated alkanes) is 7. The summed E-state index contributed by atoms with van der Waals surface area (Å²) in [5, 5.41) is 0. The molecular formula is C16H36ClP. The van der Waals surface area contributed by atoms with Crippen LogP contribution in [0.15, 0.2) is 0 Å². The lowest BCUT2D eigenvalue weighted by atomic mass is 10.1. The molecule has 0 aliphatic heterocycles. The standard InChI is InChI=1S/C16H36P.ClH/c1-5-9-10-11-12-13-14-15-16-17(6-2,7-3)8-4;/h5-16H2,1-4H3;1H/q+1;/p-1. The maximum atomic E-state index is 2.42. The second-order valence-corrected chi connectivity index (χ2v) is 10.5. The quantitative estimate of drug-likeness (QED) is 0.383. The van der Waals surface area contributed by atoms with Crippen molar-refractivity contribution in [2.45, 2.75) is 79.1 Å². The van der Waals surface area contributed by atoms with Gasteiger partial charge < -0.3 is 12.4 Å². The van der Waals surface area contributed by atoms with Crippen molar-refractivity contribution in [1.82, 2.24) is 0 Å². The van der Waals surface area contributed by atoms with Gasteiger partial charge in [0, 0.05) is 7.26 Å². The molecule has 0 N–H and O–H groups in total. The average Bonchev–Trinajstić information content (AvgIpc) is 2.38. The molecule has 0 aliphatic carbocycles. The van der Waals surface area contributed by atoms with Gasteiger partial charge in [-0.05, 0) is 33.6 Å². The molecule has 0 aromatic rings. The SMILES string of the molecule is CCCCCCCCCC[P+](CC)(CC)CC.[Cl-]. The highest BCUT2D eigenvalue weighted by Crippen LogP contribution is 2.58. The molecule has 0 radical (unpaired) electrons. The van der Waals surface area contributed by atoms with Gasteiger partial charge in [-0.1, -0.05) is 45.4 Å². The lowest BCUT2D eigenvalue weighted by Crippen LogP contribution is -3.00. The molecule has 0 aliphatic rings. The fraction of sp³-hybridized carbons (Fsp3) is 1.00. The summed E-state index contributed by atoms with van der Waals surface area (Å²) in [6.07, 6.45) is 17.7. The second-order valence-electron chi connectivity index (χ2n) is 5.49. The summed E-state index contributed by atoms with van der Waals surface area (Å²) in [5.41, 5.74) is 0. The first kappa shape index (κ1) is 21.0. The first-order chi connectivity index (χ1) is 8.24. The molecule has 0 aromatic carbocycles. The molecule has 0 bridgehead atoms. The first-order valence-electron chi connectivity index (χ1n) is 8.09. The van der Waals surface area contributed by atoms with Crippen molar-refractivity contribution in [2.24, 2.45) is 0 Å². The van der Waals surface area contributed by atoms with Crippen molar-refractivity contribution in [3.63, 3.8) is 0 Å². The van der Waals surface area contributed by atoms with E-state index in [1.807, 2.05) is 0 Å². The monoisotopic (exact) mass is 294 g/mol. The van der Waals surface area contributed by atoms with Crippen molar-refractivity contribution < 1.29 is 12.4 Å². The van der Waals surface area contributed by atoms with E-state index in [4.69, 9.17) is 0 Å². The molecule has 0 unspecified atom stereocenters. The fourth-order valence-electron chi connectivity index (χ4n) is 2.73. The van der Waals surface area contributed by atoms with Crippen molar-refractivity contribution in [3.8, 4) is 0 Å². The van der Waals surface area contributed by atoms with Crippen LogP contribution in [-0.4, -0.2) is 24.6 Å². The van der Waals surface area contributed by atoms with Crippen molar-refractivity contribution in [1.29, 1.82) is 0 Å². The Morgan fingerprint density at radius 1 is 0.556 bits per heavy atom. The molecule has 112 valence electrons. The third-order valence-corrected chi connectivity index (χ3v) is 9.79. The molecule has 0 heterocycles. The highest BCUT2D eigenvalue weighted by Gasteiger charge is 2.29. The molecule has 0 atom stereocenters. The van der Waals surface area contributed by atoms with Gasteiger partial charge in [-0.2, -0.15) is 0 Å². The van der Waals surface area contributed by atoms with E-state index in [0.717, 1.165) is 0 Å². The molecule has 2 heteroatoms. The van der Waals surface area contributed by atoms with Crippen molar-refractivity contribution >= 4 is 7.26 Å². The van der Waals surface area contributed by atoms with E-state index >= 15 is 0 Å². The molecule has 0 saturated carbocycles. The summed E-state index contributed by atoms with van der Waals surface area (Å²) in [6, 6.07) is 0. The summed E-state index contributed by atoms with van der Waals surface area (Å²) >= 11 is 0. The molecule has 0 rings (SSSR count). The third kappa shape index (κ3) is 9.62. The van der Waals surface area contributed by atoms with E-state index in [-0.39, 0.29) is 12.4 Å². The van der Waals surface area contributed by atoms with Crippen LogP contribution >= 0.6 is 7.26 Å². The Balaban J connectivity index is 0. The van der Waals surface area contributed by atoms with Crippen LogP contribution in [-0.2, 0) is 0 Å². The van der Waals surface area contributed by atoms with E-state index in [9.17, 15) is 0 Å². The van der Waals surface area contributed by atoms with E-state index in [2.05, 4.69) is 27.7 Å². The van der Waals surface area contributed by atoms with Crippen LogP contribution in [0.2, 0.25) is 0 Å². The Morgan fingerprint density at radius 2 is 0.944 bits per heavy atom. The van der Waals surface area contributed by atoms with Gasteiger partial charge in [0.25, 0.3) is 0 Å². The smallest absolute Gasteiger partial charge is 0.0594 e. The second kappa shape index (κ2) is 14.1. The predicted octanol–water partition coefficient (Wildman–Crippen LogP) is 3.21. The van der Waals surface area contributed by atoms with Gasteiger partial charge in [0.2, 0.25) is 0 Å². The first-order valence-corrected chi connectivity index (χ1v) is 10.6. The summed E-state index contributed by atoms with van der Waals surface area (Å²) < 4.78 is 0. The zero-order chi connectivity index (χ0) is 13.0. The number of hydrogen-bond donors (Lipinski definition) is 0. The maximum Gasteiger partial charge on any atom is 0.0594 e. The molecule has 0 aromatic heterocycles. The third-order valence-electron chi connectivity index (χ3n) is 4.50. The largest absolute Gasteiger partial charge is 1.00 e. The van der Waals surface area contributed by atoms with Gasteiger partial charge in [0.05, 0.1) is 24.6 Å². The van der Waals surface area contributed by atoms with Gasteiger partial charge in [-0.15, -0.1) is 0 Å². The van der Waals surface area contributed by atoms with Gasteiger partial charge in [-0.25, -0.2) is 0 Å². The van der Waals surface area contributed by atoms with Gasteiger partial charge in [0.15, 0.2) is 0 Å². The normalized spacial score (nSPS) is 11.3. The van der Waals surface area contributed by atoms with E-state index in [1.165, 1.54) is 69.9 Å². The van der Waals surface area contributed by atoms with Gasteiger partial charge in [-0.3, -0.25) is 0 Å². The Bertz CT molecular complexity index is 147. The zero-order valence-corrected chi connectivity index (χ0v) is 15.0. The molecule has 0 amide bonds. The molecule has 0 saturated heterocycles. The minimum Gasteiger partial charge on any atom is -1.00 e. The Morgan fingerprint density at radius 3 is 1.33 bits per heavy atom. The average molecular weight is 295 g/mol. The Hall–Kier alpha value is 0.720. The summed E-state index contributed by atoms with van der Waals surface area (Å²) in [4.78, 5) is 0. The van der Waals surface area contributed by atoms with E-state index in [0.29, 0.717) is 0 Å². The fourth-order valence-corrected chi connectivity index (χ4v) is 5.91. The topological polar surface area (TPSA) is 0 Å². The van der Waals surface area contributed by atoms with Crippen LogP contribution in [0.4, 0.5) is 0 Å². The molecule has 0 spiro atoms. The highest BCUT2D eigenvalue weighted by atomic mass is 35.5. The zero-order valence-electron chi connectivity index (χ0n) is 13.3. The van der Waals surface area contributed by atoms with Crippen LogP contribution < -0.4 is 12.4 Å². The van der Waals surface area contributed by atoms with E-state index in [1.54, 1.807) is 6.16 Å². The van der Waals surface area contributed by atoms with Crippen molar-refractivity contribution in [3.05, 3.63) is 0 Å². The van der Waals surface area contributed by atoms with Crippen LogP contribution in [0, 0.1) is 0 Å². The lowest BCUT2D eigenvalue weighted by Gasteiger charge is -2.23. The lowest BCUT2D eigenvalue weighted by molar-refractivity contribution is -0.00000399. The number of halogens is 1. The maximum absolute atomic E-state index is 2.42. The minimum absolute atomic E-state index is 0. The summed E-state index contributed by atoms with van der Waals surface area (Å²) in [7, 11) is -0.505. The van der Waals surface area contributed by atoms with E-state index < -0.39 is 7.26 Å².